The van der Waals surface area contributed by atoms with Crippen LogP contribution >= 0.6 is 0 Å². The van der Waals surface area contributed by atoms with E-state index < -0.39 is 0 Å². The number of fused-ring (bicyclic) bond motifs is 1. The molecule has 0 amide bonds. The van der Waals surface area contributed by atoms with Crippen molar-refractivity contribution in [1.82, 2.24) is 15.6 Å². The summed E-state index contributed by atoms with van der Waals surface area (Å²) in [6, 6.07) is 5.20. The quantitative estimate of drug-likeness (QED) is 0.497. The molecule has 1 aliphatic rings. The number of aromatic amines is 1. The van der Waals surface area contributed by atoms with E-state index in [1.165, 1.54) is 12.1 Å². The summed E-state index contributed by atoms with van der Waals surface area (Å²) in [5.74, 6) is 0.602. The number of aliphatic hydroxyl groups excluding tert-OH is 1. The van der Waals surface area contributed by atoms with Gasteiger partial charge in [0.05, 0.1) is 6.10 Å². The van der Waals surface area contributed by atoms with Crippen LogP contribution in [0.15, 0.2) is 29.4 Å². The van der Waals surface area contributed by atoms with Crippen LogP contribution in [-0.2, 0) is 6.42 Å². The van der Waals surface area contributed by atoms with Gasteiger partial charge in [0, 0.05) is 36.2 Å². The van der Waals surface area contributed by atoms with E-state index >= 15 is 0 Å². The fourth-order valence-corrected chi connectivity index (χ4v) is 3.39. The summed E-state index contributed by atoms with van der Waals surface area (Å²) in [7, 11) is 0. The Bertz CT molecular complexity index is 719. The molecule has 0 unspecified atom stereocenters. The number of rotatable bonds is 5. The highest BCUT2D eigenvalue weighted by atomic mass is 19.1. The van der Waals surface area contributed by atoms with Crippen LogP contribution in [-0.4, -0.2) is 41.3 Å². The summed E-state index contributed by atoms with van der Waals surface area (Å²) in [4.78, 5) is 7.79. The van der Waals surface area contributed by atoms with Crippen molar-refractivity contribution in [2.24, 2.45) is 4.99 Å². The number of aromatic nitrogens is 1. The normalized spacial score (nSPS) is 21.5. The highest BCUT2D eigenvalue weighted by Crippen LogP contribution is 2.20. The van der Waals surface area contributed by atoms with Crippen molar-refractivity contribution in [3.63, 3.8) is 0 Å². The molecular weight excluding hydrogens is 319 g/mol. The van der Waals surface area contributed by atoms with Gasteiger partial charge in [0.1, 0.15) is 5.82 Å². The van der Waals surface area contributed by atoms with E-state index in [2.05, 4.69) is 27.5 Å². The number of nitrogens with one attached hydrogen (secondary N) is 3. The third kappa shape index (κ3) is 4.72. The van der Waals surface area contributed by atoms with Gasteiger partial charge >= 0.3 is 0 Å². The zero-order valence-electron chi connectivity index (χ0n) is 14.7. The summed E-state index contributed by atoms with van der Waals surface area (Å²) >= 11 is 0. The van der Waals surface area contributed by atoms with Gasteiger partial charge in [-0.25, -0.2) is 4.39 Å². The molecule has 1 aromatic heterocycles. The van der Waals surface area contributed by atoms with E-state index in [0.717, 1.165) is 61.1 Å². The monoisotopic (exact) mass is 346 g/mol. The number of benzene rings is 1. The molecule has 4 N–H and O–H groups in total. The third-order valence-corrected chi connectivity index (χ3v) is 4.76. The van der Waals surface area contributed by atoms with E-state index in [-0.39, 0.29) is 11.9 Å². The molecule has 1 heterocycles. The molecule has 25 heavy (non-hydrogen) atoms. The molecule has 6 heteroatoms. The highest BCUT2D eigenvalue weighted by Gasteiger charge is 2.19. The number of guanidine groups is 1. The number of halogens is 1. The molecule has 0 aliphatic heterocycles. The molecule has 3 rings (SSSR count). The molecule has 0 bridgehead atoms. The van der Waals surface area contributed by atoms with Gasteiger partial charge in [-0.1, -0.05) is 0 Å². The van der Waals surface area contributed by atoms with Gasteiger partial charge in [0.15, 0.2) is 5.96 Å². The molecule has 0 saturated heterocycles. The van der Waals surface area contributed by atoms with Crippen LogP contribution in [0.3, 0.4) is 0 Å². The lowest BCUT2D eigenvalue weighted by atomic mass is 9.93. The average molecular weight is 346 g/mol. The molecule has 0 atom stereocenters. The number of H-pyrrole nitrogens is 1. The van der Waals surface area contributed by atoms with Crippen molar-refractivity contribution in [3.05, 3.63) is 35.8 Å². The van der Waals surface area contributed by atoms with Crippen LogP contribution in [0.2, 0.25) is 0 Å². The van der Waals surface area contributed by atoms with Crippen LogP contribution in [0.5, 0.6) is 0 Å². The summed E-state index contributed by atoms with van der Waals surface area (Å²) in [6.45, 7) is 3.53. The minimum Gasteiger partial charge on any atom is -0.393 e. The number of aliphatic hydroxyl groups is 1. The molecule has 5 nitrogen and oxygen atoms in total. The molecule has 1 aromatic carbocycles. The smallest absolute Gasteiger partial charge is 0.191 e. The standard InChI is InChI=1S/C19H27FN4O/c1-2-21-19(24-15-4-6-16(25)7-5-15)22-10-9-13-12-23-18-11-14(20)3-8-17(13)18/h3,8,11-12,15-16,23,25H,2,4-7,9-10H2,1H3,(H2,21,22,24). The summed E-state index contributed by atoms with van der Waals surface area (Å²) in [5.41, 5.74) is 1.97. The second kappa shape index (κ2) is 8.34. The fourth-order valence-electron chi connectivity index (χ4n) is 3.39. The number of hydrogen-bond donors (Lipinski definition) is 4. The van der Waals surface area contributed by atoms with Crippen molar-refractivity contribution in [2.75, 3.05) is 13.1 Å². The van der Waals surface area contributed by atoms with Gasteiger partial charge in [-0.2, -0.15) is 0 Å². The first-order chi connectivity index (χ1) is 12.2. The summed E-state index contributed by atoms with van der Waals surface area (Å²) in [5, 5.41) is 17.4. The largest absolute Gasteiger partial charge is 0.393 e. The zero-order chi connectivity index (χ0) is 17.6. The van der Waals surface area contributed by atoms with E-state index in [1.807, 2.05) is 12.3 Å². The van der Waals surface area contributed by atoms with Gasteiger partial charge in [-0.05, 0) is 62.8 Å². The molecule has 1 aliphatic carbocycles. The molecular formula is C19H27FN4O. The number of nitrogens with zero attached hydrogens (tertiary/aromatic N) is 1. The predicted octanol–water partition coefficient (Wildman–Crippen LogP) is 2.71. The first kappa shape index (κ1) is 17.7. The van der Waals surface area contributed by atoms with Crippen LogP contribution in [0.1, 0.15) is 38.2 Å². The van der Waals surface area contributed by atoms with Crippen LogP contribution < -0.4 is 10.6 Å². The topological polar surface area (TPSA) is 72.4 Å². The Morgan fingerprint density at radius 2 is 2.12 bits per heavy atom. The molecule has 0 radical (unpaired) electrons. The van der Waals surface area contributed by atoms with Crippen molar-refractivity contribution in [3.8, 4) is 0 Å². The maximum absolute atomic E-state index is 13.3. The second-order valence-electron chi connectivity index (χ2n) is 6.66. The van der Waals surface area contributed by atoms with Crippen molar-refractivity contribution >= 4 is 16.9 Å². The highest BCUT2D eigenvalue weighted by molar-refractivity contribution is 5.83. The first-order valence-corrected chi connectivity index (χ1v) is 9.14. The van der Waals surface area contributed by atoms with Crippen LogP contribution in [0.4, 0.5) is 4.39 Å². The fraction of sp³-hybridized carbons (Fsp3) is 0.526. The zero-order valence-corrected chi connectivity index (χ0v) is 14.7. The lowest BCUT2D eigenvalue weighted by Crippen LogP contribution is -2.45. The van der Waals surface area contributed by atoms with Gasteiger partial charge in [0.25, 0.3) is 0 Å². The van der Waals surface area contributed by atoms with Crippen molar-refractivity contribution < 1.29 is 9.50 Å². The van der Waals surface area contributed by atoms with E-state index in [1.54, 1.807) is 0 Å². The van der Waals surface area contributed by atoms with Gasteiger partial charge in [-0.15, -0.1) is 0 Å². The van der Waals surface area contributed by atoms with Crippen LogP contribution in [0.25, 0.3) is 10.9 Å². The predicted molar refractivity (Wildman–Crippen MR) is 99.3 cm³/mol. The Balaban J connectivity index is 1.59. The Labute approximate surface area is 147 Å². The second-order valence-corrected chi connectivity index (χ2v) is 6.66. The van der Waals surface area contributed by atoms with Gasteiger partial charge in [0.2, 0.25) is 0 Å². The Kier molecular flexibility index (Phi) is 5.91. The Morgan fingerprint density at radius 3 is 2.88 bits per heavy atom. The minimum atomic E-state index is -0.227. The van der Waals surface area contributed by atoms with Gasteiger partial charge < -0.3 is 20.7 Å². The van der Waals surface area contributed by atoms with Gasteiger partial charge in [-0.3, -0.25) is 4.99 Å². The third-order valence-electron chi connectivity index (χ3n) is 4.76. The first-order valence-electron chi connectivity index (χ1n) is 9.14. The van der Waals surface area contributed by atoms with E-state index in [4.69, 9.17) is 0 Å². The number of aliphatic imine (C=N–C) groups is 1. The SMILES string of the molecule is CCNC(=NCCc1c[nH]c2cc(F)ccc12)NC1CCC(O)CC1. The summed E-state index contributed by atoms with van der Waals surface area (Å²) in [6.07, 6.45) is 6.23. The Hall–Kier alpha value is -2.08. The average Bonchev–Trinajstić information content (AvgIpc) is 2.99. The van der Waals surface area contributed by atoms with Crippen molar-refractivity contribution in [2.45, 2.75) is 51.2 Å². The minimum absolute atomic E-state index is 0.149. The maximum atomic E-state index is 13.3. The lowest BCUT2D eigenvalue weighted by Gasteiger charge is -2.27. The lowest BCUT2D eigenvalue weighted by molar-refractivity contribution is 0.120. The Morgan fingerprint density at radius 1 is 1.32 bits per heavy atom. The summed E-state index contributed by atoms with van der Waals surface area (Å²) < 4.78 is 13.3. The number of hydrogen-bond acceptors (Lipinski definition) is 2. The molecule has 0 spiro atoms. The molecule has 1 saturated carbocycles. The molecule has 1 fully saturated rings. The van der Waals surface area contributed by atoms with Crippen LogP contribution in [0, 0.1) is 5.82 Å². The molecule has 2 aromatic rings. The van der Waals surface area contributed by atoms with Crippen molar-refractivity contribution in [1.29, 1.82) is 0 Å². The van der Waals surface area contributed by atoms with E-state index in [0.29, 0.717) is 12.6 Å². The maximum Gasteiger partial charge on any atom is 0.191 e. The van der Waals surface area contributed by atoms with E-state index in [9.17, 15) is 9.50 Å². The molecule has 136 valence electrons.